The average Bonchev–Trinajstić information content (AvgIpc) is 2.91. The summed E-state index contributed by atoms with van der Waals surface area (Å²) in [7, 11) is -3.69. The Labute approximate surface area is 139 Å². The molecule has 0 spiro atoms. The molecule has 1 amide bonds. The summed E-state index contributed by atoms with van der Waals surface area (Å²) in [6.07, 6.45) is 1.79. The quantitative estimate of drug-likeness (QED) is 0.658. The maximum Gasteiger partial charge on any atom is 0.318 e. The van der Waals surface area contributed by atoms with Gasteiger partial charge in [-0.3, -0.25) is 14.7 Å². The number of aromatic amines is 1. The summed E-state index contributed by atoms with van der Waals surface area (Å²) in [6, 6.07) is 0. The monoisotopic (exact) mass is 360 g/mol. The largest absolute Gasteiger partial charge is 0.480 e. The maximum absolute atomic E-state index is 12.5. The van der Waals surface area contributed by atoms with Gasteiger partial charge in [0, 0.05) is 25.3 Å². The van der Waals surface area contributed by atoms with Crippen molar-refractivity contribution in [1.82, 2.24) is 19.4 Å². The van der Waals surface area contributed by atoms with Crippen molar-refractivity contribution in [1.29, 1.82) is 0 Å². The molecule has 2 heterocycles. The molecule has 1 aliphatic rings. The number of H-pyrrole nitrogens is 1. The molecule has 0 bridgehead atoms. The van der Waals surface area contributed by atoms with Crippen molar-refractivity contribution in [2.75, 3.05) is 39.0 Å². The number of sulfonamides is 1. The number of hydrogen-bond acceptors (Lipinski definition) is 6. The summed E-state index contributed by atoms with van der Waals surface area (Å²) >= 11 is 0. The van der Waals surface area contributed by atoms with Crippen LogP contribution in [0.3, 0.4) is 0 Å². The summed E-state index contributed by atoms with van der Waals surface area (Å²) in [6.45, 7) is 1.76. The van der Waals surface area contributed by atoms with E-state index in [2.05, 4.69) is 10.2 Å². The van der Waals surface area contributed by atoms with Gasteiger partial charge in [0.2, 0.25) is 10.0 Å². The first-order valence-corrected chi connectivity index (χ1v) is 9.11. The number of carbonyl (C=O) groups is 2. The third-order valence-corrected chi connectivity index (χ3v) is 4.89. The Morgan fingerprint density at radius 2 is 2.25 bits per heavy atom. The fourth-order valence-corrected chi connectivity index (χ4v) is 3.23. The molecule has 1 saturated heterocycles. The molecule has 1 unspecified atom stereocenters. The molecule has 1 aliphatic heterocycles. The SMILES string of the molecule is Cc1[nH]ncc1C(=O)N1CCOC(CN(CC(=O)O)S(C)(=O)=O)C1. The van der Waals surface area contributed by atoms with Crippen molar-refractivity contribution in [2.45, 2.75) is 13.0 Å². The van der Waals surface area contributed by atoms with E-state index < -0.39 is 28.6 Å². The number of hydrogen-bond donors (Lipinski definition) is 2. The van der Waals surface area contributed by atoms with E-state index in [0.29, 0.717) is 17.8 Å². The van der Waals surface area contributed by atoms with Crippen molar-refractivity contribution >= 4 is 21.9 Å². The zero-order valence-electron chi connectivity index (χ0n) is 13.4. The highest BCUT2D eigenvalue weighted by Gasteiger charge is 2.30. The van der Waals surface area contributed by atoms with Crippen LogP contribution in [0.15, 0.2) is 6.20 Å². The molecule has 0 aliphatic carbocycles. The van der Waals surface area contributed by atoms with E-state index in [4.69, 9.17) is 9.84 Å². The van der Waals surface area contributed by atoms with E-state index in [1.54, 1.807) is 11.8 Å². The Hall–Kier alpha value is -1.98. The molecule has 0 radical (unpaired) electrons. The number of aliphatic carboxylic acids is 1. The van der Waals surface area contributed by atoms with Crippen LogP contribution in [0.4, 0.5) is 0 Å². The Balaban J connectivity index is 2.05. The number of rotatable bonds is 6. The van der Waals surface area contributed by atoms with Crippen molar-refractivity contribution in [2.24, 2.45) is 0 Å². The van der Waals surface area contributed by atoms with Crippen molar-refractivity contribution < 1.29 is 27.9 Å². The predicted octanol–water partition coefficient (Wildman–Crippen LogP) is -1.09. The second-order valence-electron chi connectivity index (χ2n) is 5.60. The van der Waals surface area contributed by atoms with Crippen LogP contribution in [-0.2, 0) is 19.6 Å². The topological polar surface area (TPSA) is 133 Å². The summed E-state index contributed by atoms with van der Waals surface area (Å²) in [5, 5.41) is 15.4. The van der Waals surface area contributed by atoms with Crippen LogP contribution in [0.1, 0.15) is 16.1 Å². The van der Waals surface area contributed by atoms with Crippen LogP contribution in [-0.4, -0.2) is 89.9 Å². The number of morpholine rings is 1. The van der Waals surface area contributed by atoms with Gasteiger partial charge in [0.25, 0.3) is 5.91 Å². The summed E-state index contributed by atoms with van der Waals surface area (Å²) in [5.74, 6) is -1.48. The lowest BCUT2D eigenvalue weighted by Crippen LogP contribution is -2.51. The number of aromatic nitrogens is 2. The van der Waals surface area contributed by atoms with Gasteiger partial charge >= 0.3 is 5.97 Å². The number of carboxylic acids is 1. The van der Waals surface area contributed by atoms with Crippen LogP contribution < -0.4 is 0 Å². The summed E-state index contributed by atoms with van der Waals surface area (Å²) in [5.41, 5.74) is 1.09. The first-order valence-electron chi connectivity index (χ1n) is 7.26. The lowest BCUT2D eigenvalue weighted by atomic mass is 10.2. The van der Waals surface area contributed by atoms with Gasteiger partial charge in [-0.2, -0.15) is 9.40 Å². The van der Waals surface area contributed by atoms with E-state index in [0.717, 1.165) is 10.6 Å². The molecule has 0 saturated carbocycles. The molecule has 2 N–H and O–H groups in total. The Kier molecular flexibility index (Phi) is 5.57. The maximum atomic E-state index is 12.5. The minimum Gasteiger partial charge on any atom is -0.480 e. The van der Waals surface area contributed by atoms with Gasteiger partial charge in [-0.1, -0.05) is 0 Å². The van der Waals surface area contributed by atoms with E-state index in [-0.39, 0.29) is 25.6 Å². The highest BCUT2D eigenvalue weighted by Crippen LogP contribution is 2.14. The van der Waals surface area contributed by atoms with E-state index in [9.17, 15) is 18.0 Å². The Morgan fingerprint density at radius 3 is 2.79 bits per heavy atom. The lowest BCUT2D eigenvalue weighted by Gasteiger charge is -2.34. The number of aryl methyl sites for hydroxylation is 1. The lowest BCUT2D eigenvalue weighted by molar-refractivity contribution is -0.137. The number of amides is 1. The summed E-state index contributed by atoms with van der Waals surface area (Å²) in [4.78, 5) is 24.9. The predicted molar refractivity (Wildman–Crippen MR) is 83.0 cm³/mol. The molecule has 1 aromatic rings. The highest BCUT2D eigenvalue weighted by molar-refractivity contribution is 7.88. The van der Waals surface area contributed by atoms with E-state index >= 15 is 0 Å². The molecule has 24 heavy (non-hydrogen) atoms. The normalized spacial score (nSPS) is 18.8. The number of carboxylic acid groups (broad SMARTS) is 1. The fourth-order valence-electron chi connectivity index (χ4n) is 2.45. The third-order valence-electron chi connectivity index (χ3n) is 3.67. The van der Waals surface area contributed by atoms with Crippen LogP contribution in [0, 0.1) is 6.92 Å². The number of nitrogens with zero attached hydrogens (tertiary/aromatic N) is 3. The van der Waals surface area contributed by atoms with E-state index in [1.165, 1.54) is 6.20 Å². The molecule has 2 rings (SSSR count). The zero-order valence-corrected chi connectivity index (χ0v) is 14.2. The van der Waals surface area contributed by atoms with Gasteiger partial charge in [0.15, 0.2) is 0 Å². The molecule has 11 heteroatoms. The van der Waals surface area contributed by atoms with Crippen LogP contribution >= 0.6 is 0 Å². The second-order valence-corrected chi connectivity index (χ2v) is 7.58. The Bertz CT molecular complexity index is 716. The summed E-state index contributed by atoms with van der Waals surface area (Å²) < 4.78 is 29.7. The van der Waals surface area contributed by atoms with Crippen molar-refractivity contribution in [3.63, 3.8) is 0 Å². The standard InChI is InChI=1S/C13H20N4O6S/c1-9-11(5-14-15-9)13(20)16-3-4-23-10(6-16)7-17(8-12(18)19)24(2,21)22/h5,10H,3-4,6-8H2,1-2H3,(H,14,15)(H,18,19). The Morgan fingerprint density at radius 1 is 1.54 bits per heavy atom. The van der Waals surface area contributed by atoms with Gasteiger partial charge in [-0.25, -0.2) is 8.42 Å². The second kappa shape index (κ2) is 7.28. The zero-order chi connectivity index (χ0) is 17.9. The molecular weight excluding hydrogens is 340 g/mol. The van der Waals surface area contributed by atoms with Gasteiger partial charge in [-0.15, -0.1) is 0 Å². The van der Waals surface area contributed by atoms with Crippen molar-refractivity contribution in [3.8, 4) is 0 Å². The highest BCUT2D eigenvalue weighted by atomic mass is 32.2. The number of ether oxygens (including phenoxy) is 1. The van der Waals surface area contributed by atoms with Gasteiger partial charge in [0.1, 0.15) is 6.54 Å². The average molecular weight is 360 g/mol. The number of carbonyl (C=O) groups excluding carboxylic acids is 1. The van der Waals surface area contributed by atoms with Gasteiger partial charge in [-0.05, 0) is 6.92 Å². The molecule has 134 valence electrons. The van der Waals surface area contributed by atoms with Gasteiger partial charge in [0.05, 0.1) is 30.7 Å². The van der Waals surface area contributed by atoms with Crippen LogP contribution in [0.5, 0.6) is 0 Å². The molecule has 1 fully saturated rings. The molecular formula is C13H20N4O6S. The molecule has 1 aromatic heterocycles. The van der Waals surface area contributed by atoms with Crippen LogP contribution in [0.25, 0.3) is 0 Å². The van der Waals surface area contributed by atoms with Crippen LogP contribution in [0.2, 0.25) is 0 Å². The molecule has 10 nitrogen and oxygen atoms in total. The smallest absolute Gasteiger partial charge is 0.318 e. The van der Waals surface area contributed by atoms with E-state index in [1.807, 2.05) is 0 Å². The fraction of sp³-hybridized carbons (Fsp3) is 0.615. The molecule has 0 aromatic carbocycles. The first-order chi connectivity index (χ1) is 11.2. The third kappa shape index (κ3) is 4.52. The minimum absolute atomic E-state index is 0.126. The van der Waals surface area contributed by atoms with Crippen molar-refractivity contribution in [3.05, 3.63) is 17.5 Å². The number of nitrogens with one attached hydrogen (secondary N) is 1. The first kappa shape index (κ1) is 18.4. The van der Waals surface area contributed by atoms with Gasteiger partial charge < -0.3 is 14.7 Å². The molecule has 1 atom stereocenters. The minimum atomic E-state index is -3.69.